The molecular weight excluding hydrogens is 338 g/mol. The molecule has 1 heterocycles. The summed E-state index contributed by atoms with van der Waals surface area (Å²) in [6.07, 6.45) is 1.60. The van der Waals surface area contributed by atoms with E-state index >= 15 is 0 Å². The monoisotopic (exact) mass is 363 g/mol. The van der Waals surface area contributed by atoms with Crippen LogP contribution in [0.2, 0.25) is 0 Å². The molecule has 0 unspecified atom stereocenters. The van der Waals surface area contributed by atoms with Gasteiger partial charge in [0, 0.05) is 11.4 Å². The predicted molar refractivity (Wildman–Crippen MR) is 109 cm³/mol. The normalized spacial score (nSPS) is 11.1. The van der Waals surface area contributed by atoms with Gasteiger partial charge in [0.1, 0.15) is 5.75 Å². The zero-order valence-electron chi connectivity index (χ0n) is 16.2. The third-order valence-electron chi connectivity index (χ3n) is 4.00. The summed E-state index contributed by atoms with van der Waals surface area (Å²) in [4.78, 5) is 4.47. The molecular formula is C21H25N5O. The quantitative estimate of drug-likeness (QED) is 0.638. The first-order valence-corrected chi connectivity index (χ1v) is 9.01. The van der Waals surface area contributed by atoms with Gasteiger partial charge < -0.3 is 15.4 Å². The fourth-order valence-electron chi connectivity index (χ4n) is 2.55. The third-order valence-corrected chi connectivity index (χ3v) is 4.00. The molecule has 6 nitrogen and oxygen atoms in total. The number of ether oxygens (including phenoxy) is 1. The summed E-state index contributed by atoms with van der Waals surface area (Å²) in [5.41, 5.74) is 3.23. The zero-order chi connectivity index (χ0) is 19.3. The average molecular weight is 363 g/mol. The van der Waals surface area contributed by atoms with Crippen LogP contribution < -0.4 is 15.4 Å². The molecule has 140 valence electrons. The largest absolute Gasteiger partial charge is 0.494 e. The van der Waals surface area contributed by atoms with Crippen molar-refractivity contribution in [1.29, 1.82) is 0 Å². The minimum atomic E-state index is 0.129. The molecule has 3 aromatic rings. The van der Waals surface area contributed by atoms with Crippen LogP contribution in [0.3, 0.4) is 0 Å². The van der Waals surface area contributed by atoms with Crippen LogP contribution in [0.5, 0.6) is 5.75 Å². The fourth-order valence-corrected chi connectivity index (χ4v) is 2.55. The van der Waals surface area contributed by atoms with Crippen molar-refractivity contribution >= 4 is 23.1 Å². The minimum absolute atomic E-state index is 0.129. The second kappa shape index (κ2) is 8.03. The molecule has 2 N–H and O–H groups in total. The molecule has 3 rings (SSSR count). The summed E-state index contributed by atoms with van der Waals surface area (Å²) in [5.74, 6) is 1.88. The van der Waals surface area contributed by atoms with E-state index in [0.717, 1.165) is 17.1 Å². The van der Waals surface area contributed by atoms with Gasteiger partial charge in [0.05, 0.1) is 12.8 Å². The summed E-state index contributed by atoms with van der Waals surface area (Å²) < 4.78 is 5.44. The van der Waals surface area contributed by atoms with Crippen LogP contribution in [0.1, 0.15) is 33.3 Å². The molecule has 1 aromatic heterocycles. The topological polar surface area (TPSA) is 72.0 Å². The van der Waals surface area contributed by atoms with Crippen LogP contribution in [0.15, 0.2) is 54.7 Å². The fraction of sp³-hybridized carbons (Fsp3) is 0.286. The van der Waals surface area contributed by atoms with E-state index in [4.69, 9.17) is 4.74 Å². The Morgan fingerprint density at radius 1 is 0.889 bits per heavy atom. The second-order valence-electron chi connectivity index (χ2n) is 7.20. The summed E-state index contributed by atoms with van der Waals surface area (Å²) in [5, 5.41) is 14.5. The number of hydrogen-bond acceptors (Lipinski definition) is 6. The van der Waals surface area contributed by atoms with Gasteiger partial charge in [-0.25, -0.2) is 0 Å². The van der Waals surface area contributed by atoms with Crippen molar-refractivity contribution in [1.82, 2.24) is 15.2 Å². The highest BCUT2D eigenvalue weighted by Gasteiger charge is 2.13. The van der Waals surface area contributed by atoms with Crippen LogP contribution in [-0.4, -0.2) is 21.8 Å². The van der Waals surface area contributed by atoms with E-state index < -0.39 is 0 Å². The Morgan fingerprint density at radius 3 is 2.15 bits per heavy atom. The van der Waals surface area contributed by atoms with Crippen molar-refractivity contribution in [2.45, 2.75) is 33.1 Å². The Bertz CT molecular complexity index is 870. The van der Waals surface area contributed by atoms with Crippen molar-refractivity contribution < 1.29 is 4.74 Å². The molecule has 6 heteroatoms. The van der Waals surface area contributed by atoms with Crippen molar-refractivity contribution in [3.05, 3.63) is 60.3 Å². The van der Waals surface area contributed by atoms with Gasteiger partial charge >= 0.3 is 0 Å². The van der Waals surface area contributed by atoms with Crippen LogP contribution in [0.4, 0.5) is 23.1 Å². The van der Waals surface area contributed by atoms with E-state index in [0.29, 0.717) is 18.4 Å². The van der Waals surface area contributed by atoms with Gasteiger partial charge in [-0.3, -0.25) is 0 Å². The molecule has 0 amide bonds. The van der Waals surface area contributed by atoms with E-state index in [2.05, 4.69) is 58.7 Å². The van der Waals surface area contributed by atoms with E-state index in [1.54, 1.807) is 6.20 Å². The molecule has 0 fully saturated rings. The van der Waals surface area contributed by atoms with E-state index in [1.165, 1.54) is 5.56 Å². The smallest absolute Gasteiger partial charge is 0.249 e. The van der Waals surface area contributed by atoms with E-state index in [9.17, 15) is 0 Å². The minimum Gasteiger partial charge on any atom is -0.494 e. The first-order valence-electron chi connectivity index (χ1n) is 9.01. The first-order chi connectivity index (χ1) is 12.9. The second-order valence-corrected chi connectivity index (χ2v) is 7.20. The molecule has 0 saturated carbocycles. The lowest BCUT2D eigenvalue weighted by atomic mass is 9.87. The summed E-state index contributed by atoms with van der Waals surface area (Å²) in [7, 11) is 0. The molecule has 0 radical (unpaired) electrons. The Morgan fingerprint density at radius 2 is 1.52 bits per heavy atom. The summed E-state index contributed by atoms with van der Waals surface area (Å²) in [6, 6.07) is 16.0. The molecule has 0 saturated heterocycles. The van der Waals surface area contributed by atoms with Gasteiger partial charge in [0.2, 0.25) is 5.95 Å². The summed E-state index contributed by atoms with van der Waals surface area (Å²) in [6.45, 7) is 9.19. The van der Waals surface area contributed by atoms with Crippen LogP contribution in [0, 0.1) is 0 Å². The molecule has 0 aliphatic heterocycles. The molecule has 0 atom stereocenters. The number of aromatic nitrogens is 3. The van der Waals surface area contributed by atoms with Gasteiger partial charge in [0.25, 0.3) is 0 Å². The van der Waals surface area contributed by atoms with Gasteiger partial charge in [-0.1, -0.05) is 32.9 Å². The van der Waals surface area contributed by atoms with Gasteiger partial charge in [-0.2, -0.15) is 10.1 Å². The molecule has 0 bridgehead atoms. The van der Waals surface area contributed by atoms with Gasteiger partial charge in [-0.05, 0) is 54.3 Å². The standard InChI is InChI=1S/C21H25N5O/c1-5-27-18-12-10-17(11-13-18)24-20-25-19(14-22-26-20)23-16-8-6-15(7-9-16)21(2,3)4/h6-14H,5H2,1-4H3,(H2,23,24,25,26). The van der Waals surface area contributed by atoms with Crippen LogP contribution in [0.25, 0.3) is 0 Å². The number of rotatable bonds is 6. The maximum atomic E-state index is 5.44. The Labute approximate surface area is 160 Å². The van der Waals surface area contributed by atoms with E-state index in [-0.39, 0.29) is 5.41 Å². The van der Waals surface area contributed by atoms with Crippen LogP contribution >= 0.6 is 0 Å². The lowest BCUT2D eigenvalue weighted by Gasteiger charge is -2.19. The Hall–Kier alpha value is -3.15. The highest BCUT2D eigenvalue weighted by molar-refractivity contribution is 5.59. The molecule has 2 aromatic carbocycles. The van der Waals surface area contributed by atoms with Crippen molar-refractivity contribution in [3.63, 3.8) is 0 Å². The van der Waals surface area contributed by atoms with Crippen LogP contribution in [-0.2, 0) is 5.41 Å². The highest BCUT2D eigenvalue weighted by atomic mass is 16.5. The first kappa shape index (κ1) is 18.6. The number of hydrogen-bond donors (Lipinski definition) is 2. The van der Waals surface area contributed by atoms with E-state index in [1.807, 2.05) is 43.3 Å². The summed E-state index contributed by atoms with van der Waals surface area (Å²) >= 11 is 0. The van der Waals surface area contributed by atoms with Crippen molar-refractivity contribution in [2.24, 2.45) is 0 Å². The lowest BCUT2D eigenvalue weighted by Crippen LogP contribution is -2.10. The number of nitrogens with zero attached hydrogens (tertiary/aromatic N) is 3. The predicted octanol–water partition coefficient (Wildman–Crippen LogP) is 5.06. The van der Waals surface area contributed by atoms with Gasteiger partial charge in [0.15, 0.2) is 5.82 Å². The maximum Gasteiger partial charge on any atom is 0.249 e. The van der Waals surface area contributed by atoms with Crippen molar-refractivity contribution in [3.8, 4) is 5.75 Å². The maximum absolute atomic E-state index is 5.44. The number of nitrogens with one attached hydrogen (secondary N) is 2. The Balaban J connectivity index is 1.68. The Kier molecular flexibility index (Phi) is 5.54. The number of benzene rings is 2. The van der Waals surface area contributed by atoms with Crippen molar-refractivity contribution in [2.75, 3.05) is 17.2 Å². The zero-order valence-corrected chi connectivity index (χ0v) is 16.2. The average Bonchev–Trinajstić information content (AvgIpc) is 2.64. The SMILES string of the molecule is CCOc1ccc(Nc2nncc(Nc3ccc(C(C)(C)C)cc3)n2)cc1. The highest BCUT2D eigenvalue weighted by Crippen LogP contribution is 2.25. The molecule has 0 aliphatic carbocycles. The molecule has 0 aliphatic rings. The molecule has 27 heavy (non-hydrogen) atoms. The lowest BCUT2D eigenvalue weighted by molar-refractivity contribution is 0.340. The van der Waals surface area contributed by atoms with Gasteiger partial charge in [-0.15, -0.1) is 5.10 Å². The number of anilines is 4. The third kappa shape index (κ3) is 5.17. The molecule has 0 spiro atoms.